The standard InChI is InChI=1S/C12H13F2N.ClH/c13-12(14)11-3-1-9(2-4-11)10-5-7-15-8-6-10;/h1-5,12,15H,6-8H2;1H. The van der Waals surface area contributed by atoms with Crippen LogP contribution in [0, 0.1) is 0 Å². The molecule has 1 aliphatic rings. The van der Waals surface area contributed by atoms with Gasteiger partial charge in [-0.25, -0.2) is 8.78 Å². The topological polar surface area (TPSA) is 12.0 Å². The molecule has 0 radical (unpaired) electrons. The number of hydrogen-bond acceptors (Lipinski definition) is 1. The highest BCUT2D eigenvalue weighted by molar-refractivity contribution is 5.85. The molecular formula is C12H14ClF2N. The molecule has 0 amide bonds. The molecule has 0 saturated heterocycles. The fourth-order valence-corrected chi connectivity index (χ4v) is 1.73. The summed E-state index contributed by atoms with van der Waals surface area (Å²) in [6.07, 6.45) is 0.704. The highest BCUT2D eigenvalue weighted by Gasteiger charge is 2.08. The van der Waals surface area contributed by atoms with Crippen LogP contribution < -0.4 is 5.32 Å². The highest BCUT2D eigenvalue weighted by Crippen LogP contribution is 2.23. The van der Waals surface area contributed by atoms with E-state index in [4.69, 9.17) is 0 Å². The molecule has 1 aromatic carbocycles. The van der Waals surface area contributed by atoms with Crippen molar-refractivity contribution in [2.45, 2.75) is 12.8 Å². The van der Waals surface area contributed by atoms with Crippen LogP contribution in [-0.2, 0) is 0 Å². The minimum absolute atomic E-state index is 0. The molecule has 0 spiro atoms. The zero-order valence-electron chi connectivity index (χ0n) is 8.75. The van der Waals surface area contributed by atoms with Crippen LogP contribution in [0.1, 0.15) is 24.0 Å². The highest BCUT2D eigenvalue weighted by atomic mass is 35.5. The van der Waals surface area contributed by atoms with Crippen molar-refractivity contribution in [2.75, 3.05) is 13.1 Å². The average Bonchev–Trinajstić information content (AvgIpc) is 2.30. The van der Waals surface area contributed by atoms with Crippen molar-refractivity contribution >= 4 is 18.0 Å². The molecule has 16 heavy (non-hydrogen) atoms. The van der Waals surface area contributed by atoms with E-state index in [1.54, 1.807) is 12.1 Å². The average molecular weight is 246 g/mol. The fraction of sp³-hybridized carbons (Fsp3) is 0.333. The minimum atomic E-state index is -2.37. The van der Waals surface area contributed by atoms with Gasteiger partial charge in [0.15, 0.2) is 0 Å². The summed E-state index contributed by atoms with van der Waals surface area (Å²) in [6, 6.07) is 6.56. The van der Waals surface area contributed by atoms with Gasteiger partial charge in [-0.15, -0.1) is 12.4 Å². The Morgan fingerprint density at radius 2 is 1.81 bits per heavy atom. The van der Waals surface area contributed by atoms with Gasteiger partial charge in [0.2, 0.25) is 0 Å². The maximum atomic E-state index is 12.3. The van der Waals surface area contributed by atoms with Crippen LogP contribution in [0.3, 0.4) is 0 Å². The molecule has 1 heterocycles. The summed E-state index contributed by atoms with van der Waals surface area (Å²) in [7, 11) is 0. The molecule has 0 bridgehead atoms. The molecule has 2 rings (SSSR count). The summed E-state index contributed by atoms with van der Waals surface area (Å²) in [5.74, 6) is 0. The van der Waals surface area contributed by atoms with Crippen LogP contribution in [0.2, 0.25) is 0 Å². The summed E-state index contributed by atoms with van der Waals surface area (Å²) >= 11 is 0. The van der Waals surface area contributed by atoms with Crippen molar-refractivity contribution in [2.24, 2.45) is 0 Å². The first-order chi connectivity index (χ1) is 7.27. The molecule has 0 fully saturated rings. The van der Waals surface area contributed by atoms with Crippen LogP contribution in [0.4, 0.5) is 8.78 Å². The zero-order chi connectivity index (χ0) is 10.7. The Balaban J connectivity index is 0.00000128. The van der Waals surface area contributed by atoms with Crippen molar-refractivity contribution < 1.29 is 8.78 Å². The van der Waals surface area contributed by atoms with Gasteiger partial charge in [0, 0.05) is 12.1 Å². The zero-order valence-corrected chi connectivity index (χ0v) is 9.57. The molecular weight excluding hydrogens is 232 g/mol. The Bertz CT molecular complexity index is 360. The lowest BCUT2D eigenvalue weighted by Crippen LogP contribution is -2.19. The Hall–Kier alpha value is -0.930. The first-order valence-corrected chi connectivity index (χ1v) is 5.05. The van der Waals surface area contributed by atoms with Crippen LogP contribution in [0.15, 0.2) is 30.3 Å². The first kappa shape index (κ1) is 13.1. The van der Waals surface area contributed by atoms with Crippen molar-refractivity contribution in [1.29, 1.82) is 0 Å². The van der Waals surface area contributed by atoms with Gasteiger partial charge >= 0.3 is 0 Å². The van der Waals surface area contributed by atoms with Crippen molar-refractivity contribution in [1.82, 2.24) is 5.32 Å². The number of rotatable bonds is 2. The smallest absolute Gasteiger partial charge is 0.263 e. The maximum absolute atomic E-state index is 12.3. The Morgan fingerprint density at radius 3 is 2.31 bits per heavy atom. The van der Waals surface area contributed by atoms with Crippen LogP contribution in [-0.4, -0.2) is 13.1 Å². The molecule has 1 nitrogen and oxygen atoms in total. The number of nitrogens with one attached hydrogen (secondary N) is 1. The van der Waals surface area contributed by atoms with Crippen LogP contribution in [0.5, 0.6) is 0 Å². The molecule has 0 aliphatic carbocycles. The number of halogens is 3. The molecule has 0 saturated carbocycles. The summed E-state index contributed by atoms with van der Waals surface area (Å²) in [5.41, 5.74) is 2.39. The third-order valence-corrected chi connectivity index (χ3v) is 2.60. The second kappa shape index (κ2) is 5.97. The van der Waals surface area contributed by atoms with Crippen LogP contribution in [0.25, 0.3) is 5.57 Å². The van der Waals surface area contributed by atoms with E-state index in [1.165, 1.54) is 17.7 Å². The van der Waals surface area contributed by atoms with Crippen molar-refractivity contribution in [3.05, 3.63) is 41.5 Å². The van der Waals surface area contributed by atoms with E-state index in [0.717, 1.165) is 25.1 Å². The first-order valence-electron chi connectivity index (χ1n) is 5.05. The van der Waals surface area contributed by atoms with Gasteiger partial charge in [-0.05, 0) is 24.1 Å². The van der Waals surface area contributed by atoms with Gasteiger partial charge in [-0.1, -0.05) is 30.3 Å². The van der Waals surface area contributed by atoms with E-state index in [-0.39, 0.29) is 18.0 Å². The molecule has 4 heteroatoms. The molecule has 0 aromatic heterocycles. The van der Waals surface area contributed by atoms with E-state index in [1.807, 2.05) is 0 Å². The molecule has 1 aliphatic heterocycles. The van der Waals surface area contributed by atoms with Gasteiger partial charge in [-0.2, -0.15) is 0 Å². The predicted octanol–water partition coefficient (Wildman–Crippen LogP) is 3.42. The molecule has 88 valence electrons. The number of benzene rings is 1. The Kier molecular flexibility index (Phi) is 4.90. The van der Waals surface area contributed by atoms with E-state index < -0.39 is 6.43 Å². The molecule has 1 N–H and O–H groups in total. The normalized spacial score (nSPS) is 15.6. The second-order valence-corrected chi connectivity index (χ2v) is 3.61. The van der Waals surface area contributed by atoms with Gasteiger partial charge in [0.25, 0.3) is 6.43 Å². The third kappa shape index (κ3) is 3.03. The van der Waals surface area contributed by atoms with Crippen LogP contribution >= 0.6 is 12.4 Å². The lowest BCUT2D eigenvalue weighted by atomic mass is 9.99. The van der Waals surface area contributed by atoms with E-state index in [2.05, 4.69) is 11.4 Å². The maximum Gasteiger partial charge on any atom is 0.263 e. The summed E-state index contributed by atoms with van der Waals surface area (Å²) in [6.45, 7) is 1.83. The quantitative estimate of drug-likeness (QED) is 0.842. The summed E-state index contributed by atoms with van der Waals surface area (Å²) in [4.78, 5) is 0. The minimum Gasteiger partial charge on any atom is -0.313 e. The predicted molar refractivity (Wildman–Crippen MR) is 64.1 cm³/mol. The third-order valence-electron chi connectivity index (χ3n) is 2.60. The number of alkyl halides is 2. The molecule has 1 aromatic rings. The molecule has 0 atom stereocenters. The second-order valence-electron chi connectivity index (χ2n) is 3.61. The van der Waals surface area contributed by atoms with E-state index in [0.29, 0.717) is 0 Å². The van der Waals surface area contributed by atoms with Gasteiger partial charge in [0.05, 0.1) is 0 Å². The van der Waals surface area contributed by atoms with Crippen molar-refractivity contribution in [3.8, 4) is 0 Å². The fourth-order valence-electron chi connectivity index (χ4n) is 1.73. The monoisotopic (exact) mass is 245 g/mol. The van der Waals surface area contributed by atoms with Gasteiger partial charge in [0.1, 0.15) is 0 Å². The van der Waals surface area contributed by atoms with E-state index in [9.17, 15) is 8.78 Å². The lowest BCUT2D eigenvalue weighted by Gasteiger charge is -2.14. The molecule has 0 unspecified atom stereocenters. The summed E-state index contributed by atoms with van der Waals surface area (Å²) in [5, 5.41) is 3.22. The SMILES string of the molecule is Cl.FC(F)c1ccc(C2=CCNCC2)cc1. The Labute approximate surface area is 100.0 Å². The summed E-state index contributed by atoms with van der Waals surface area (Å²) < 4.78 is 24.6. The van der Waals surface area contributed by atoms with Crippen molar-refractivity contribution in [3.63, 3.8) is 0 Å². The number of hydrogen-bond donors (Lipinski definition) is 1. The van der Waals surface area contributed by atoms with E-state index >= 15 is 0 Å². The van der Waals surface area contributed by atoms with Gasteiger partial charge < -0.3 is 5.32 Å². The Morgan fingerprint density at radius 1 is 1.12 bits per heavy atom. The van der Waals surface area contributed by atoms with Gasteiger partial charge in [-0.3, -0.25) is 0 Å². The lowest BCUT2D eigenvalue weighted by molar-refractivity contribution is 0.151. The largest absolute Gasteiger partial charge is 0.313 e.